The largest absolute Gasteiger partial charge is 0.460 e. The standard InChI is InChI=1S/C18H14O2/c1-11(19)13-7-4-8-15-17(13)18-14-6-3-2-5-12(14)9-10-16(18)20-15/h2-8H,9-10H2,1H3. The van der Waals surface area contributed by atoms with Crippen LogP contribution in [0.4, 0.5) is 0 Å². The third kappa shape index (κ3) is 1.48. The molecule has 0 spiro atoms. The molecule has 98 valence electrons. The van der Waals surface area contributed by atoms with Crippen molar-refractivity contribution in [1.29, 1.82) is 0 Å². The molecule has 2 aromatic carbocycles. The topological polar surface area (TPSA) is 30.2 Å². The van der Waals surface area contributed by atoms with E-state index in [2.05, 4.69) is 18.2 Å². The third-order valence-corrected chi connectivity index (χ3v) is 4.08. The second-order valence-electron chi connectivity index (χ2n) is 5.29. The summed E-state index contributed by atoms with van der Waals surface area (Å²) in [6, 6.07) is 14.1. The molecule has 0 saturated carbocycles. The molecule has 0 bridgehead atoms. The van der Waals surface area contributed by atoms with E-state index in [4.69, 9.17) is 4.42 Å². The summed E-state index contributed by atoms with van der Waals surface area (Å²) in [5.41, 5.74) is 5.23. The Labute approximate surface area is 117 Å². The Morgan fingerprint density at radius 2 is 1.90 bits per heavy atom. The highest BCUT2D eigenvalue weighted by Crippen LogP contribution is 2.42. The van der Waals surface area contributed by atoms with E-state index in [0.717, 1.165) is 40.7 Å². The molecule has 0 atom stereocenters. The number of hydrogen-bond acceptors (Lipinski definition) is 2. The highest BCUT2D eigenvalue weighted by molar-refractivity contribution is 6.12. The monoisotopic (exact) mass is 262 g/mol. The van der Waals surface area contributed by atoms with Gasteiger partial charge in [0.1, 0.15) is 11.3 Å². The van der Waals surface area contributed by atoms with Crippen LogP contribution in [0.2, 0.25) is 0 Å². The molecular weight excluding hydrogens is 248 g/mol. The Morgan fingerprint density at radius 3 is 2.75 bits per heavy atom. The van der Waals surface area contributed by atoms with Gasteiger partial charge in [0.2, 0.25) is 0 Å². The van der Waals surface area contributed by atoms with Crippen molar-refractivity contribution >= 4 is 16.8 Å². The summed E-state index contributed by atoms with van der Waals surface area (Å²) in [6.45, 7) is 1.61. The van der Waals surface area contributed by atoms with Crippen LogP contribution in [-0.4, -0.2) is 5.78 Å². The molecule has 0 radical (unpaired) electrons. The lowest BCUT2D eigenvalue weighted by atomic mass is 9.87. The number of carbonyl (C=O) groups is 1. The van der Waals surface area contributed by atoms with Crippen molar-refractivity contribution in [2.45, 2.75) is 19.8 Å². The van der Waals surface area contributed by atoms with Gasteiger partial charge in [-0.15, -0.1) is 0 Å². The van der Waals surface area contributed by atoms with Gasteiger partial charge in [0, 0.05) is 22.9 Å². The Hall–Kier alpha value is -2.35. The zero-order valence-electron chi connectivity index (χ0n) is 11.3. The third-order valence-electron chi connectivity index (χ3n) is 4.08. The molecule has 1 heterocycles. The van der Waals surface area contributed by atoms with E-state index in [0.29, 0.717) is 0 Å². The zero-order valence-corrected chi connectivity index (χ0v) is 11.3. The second-order valence-corrected chi connectivity index (χ2v) is 5.29. The van der Waals surface area contributed by atoms with Gasteiger partial charge in [-0.05, 0) is 30.5 Å². The van der Waals surface area contributed by atoms with E-state index in [-0.39, 0.29) is 5.78 Å². The molecule has 2 nitrogen and oxygen atoms in total. The predicted octanol–water partition coefficient (Wildman–Crippen LogP) is 4.40. The number of fused-ring (bicyclic) bond motifs is 5. The van der Waals surface area contributed by atoms with E-state index < -0.39 is 0 Å². The van der Waals surface area contributed by atoms with Gasteiger partial charge < -0.3 is 4.42 Å². The summed E-state index contributed by atoms with van der Waals surface area (Å²) in [7, 11) is 0. The van der Waals surface area contributed by atoms with Crippen LogP contribution in [0, 0.1) is 0 Å². The SMILES string of the molecule is CC(=O)c1cccc2oc3c(c12)-c1ccccc1CC3. The van der Waals surface area contributed by atoms with E-state index in [9.17, 15) is 4.79 Å². The molecule has 1 aromatic heterocycles. The van der Waals surface area contributed by atoms with Gasteiger partial charge >= 0.3 is 0 Å². The number of hydrogen-bond donors (Lipinski definition) is 0. The van der Waals surface area contributed by atoms with Gasteiger partial charge in [-0.25, -0.2) is 0 Å². The molecular formula is C18H14O2. The van der Waals surface area contributed by atoms with Crippen LogP contribution in [0.15, 0.2) is 46.9 Å². The zero-order chi connectivity index (χ0) is 13.7. The molecule has 0 amide bonds. The molecule has 0 saturated heterocycles. The van der Waals surface area contributed by atoms with Crippen molar-refractivity contribution in [2.75, 3.05) is 0 Å². The van der Waals surface area contributed by atoms with Crippen molar-refractivity contribution in [2.24, 2.45) is 0 Å². The smallest absolute Gasteiger partial charge is 0.160 e. The first kappa shape index (κ1) is 11.5. The van der Waals surface area contributed by atoms with Gasteiger partial charge in [0.15, 0.2) is 5.78 Å². The molecule has 4 rings (SSSR count). The summed E-state index contributed by atoms with van der Waals surface area (Å²) < 4.78 is 5.99. The first-order chi connectivity index (χ1) is 9.75. The number of rotatable bonds is 1. The fourth-order valence-corrected chi connectivity index (χ4v) is 3.18. The molecule has 0 aliphatic heterocycles. The Kier molecular flexibility index (Phi) is 2.34. The maximum atomic E-state index is 11.9. The molecule has 1 aliphatic rings. The minimum absolute atomic E-state index is 0.0854. The maximum absolute atomic E-state index is 11.9. The number of furan rings is 1. The lowest BCUT2D eigenvalue weighted by Crippen LogP contribution is -2.02. The summed E-state index contributed by atoms with van der Waals surface area (Å²) in [6.07, 6.45) is 1.90. The molecule has 0 unspecified atom stereocenters. The average Bonchev–Trinajstić information content (AvgIpc) is 2.85. The van der Waals surface area contributed by atoms with Gasteiger partial charge in [-0.2, -0.15) is 0 Å². The first-order valence-electron chi connectivity index (χ1n) is 6.89. The van der Waals surface area contributed by atoms with E-state index >= 15 is 0 Å². The van der Waals surface area contributed by atoms with Gasteiger partial charge in [0.05, 0.1) is 0 Å². The van der Waals surface area contributed by atoms with E-state index in [1.54, 1.807) is 6.92 Å². The van der Waals surface area contributed by atoms with Crippen LogP contribution in [0.5, 0.6) is 0 Å². The molecule has 20 heavy (non-hydrogen) atoms. The van der Waals surface area contributed by atoms with Crippen LogP contribution in [0.3, 0.4) is 0 Å². The minimum atomic E-state index is 0.0854. The minimum Gasteiger partial charge on any atom is -0.460 e. The normalized spacial score (nSPS) is 13.1. The lowest BCUT2D eigenvalue weighted by molar-refractivity contribution is 0.101. The number of benzene rings is 2. The van der Waals surface area contributed by atoms with E-state index in [1.807, 2.05) is 24.3 Å². The molecule has 3 aromatic rings. The van der Waals surface area contributed by atoms with E-state index in [1.165, 1.54) is 11.1 Å². The Balaban J connectivity index is 2.15. The maximum Gasteiger partial charge on any atom is 0.160 e. The fraction of sp³-hybridized carbons (Fsp3) is 0.167. The van der Waals surface area contributed by atoms with Crippen LogP contribution in [0.25, 0.3) is 22.1 Å². The van der Waals surface area contributed by atoms with Crippen LogP contribution < -0.4 is 0 Å². The first-order valence-corrected chi connectivity index (χ1v) is 6.89. The summed E-state index contributed by atoms with van der Waals surface area (Å²) in [5, 5.41) is 0.974. The van der Waals surface area contributed by atoms with Crippen molar-refractivity contribution in [3.63, 3.8) is 0 Å². The van der Waals surface area contributed by atoms with Crippen molar-refractivity contribution in [3.05, 3.63) is 59.4 Å². The van der Waals surface area contributed by atoms with Crippen LogP contribution >= 0.6 is 0 Å². The van der Waals surface area contributed by atoms with Gasteiger partial charge in [-0.3, -0.25) is 4.79 Å². The number of aryl methyl sites for hydroxylation is 2. The van der Waals surface area contributed by atoms with Gasteiger partial charge in [0.25, 0.3) is 0 Å². The molecule has 0 fully saturated rings. The van der Waals surface area contributed by atoms with Crippen molar-refractivity contribution in [3.8, 4) is 11.1 Å². The van der Waals surface area contributed by atoms with Crippen LogP contribution in [0.1, 0.15) is 28.6 Å². The quantitative estimate of drug-likeness (QED) is 0.608. The van der Waals surface area contributed by atoms with Crippen molar-refractivity contribution < 1.29 is 9.21 Å². The number of ketones is 1. The van der Waals surface area contributed by atoms with Crippen LogP contribution in [-0.2, 0) is 12.8 Å². The number of carbonyl (C=O) groups excluding carboxylic acids is 1. The van der Waals surface area contributed by atoms with Gasteiger partial charge in [-0.1, -0.05) is 36.4 Å². The Bertz CT molecular complexity index is 840. The molecule has 0 N–H and O–H groups in total. The predicted molar refractivity (Wildman–Crippen MR) is 79.1 cm³/mol. The number of Topliss-reactive ketones (excluding diaryl/α,β-unsaturated/α-hetero) is 1. The summed E-state index contributed by atoms with van der Waals surface area (Å²) >= 11 is 0. The molecule has 1 aliphatic carbocycles. The Morgan fingerprint density at radius 1 is 1.05 bits per heavy atom. The summed E-state index contributed by atoms with van der Waals surface area (Å²) in [5.74, 6) is 1.09. The highest BCUT2D eigenvalue weighted by Gasteiger charge is 2.24. The fourth-order valence-electron chi connectivity index (χ4n) is 3.18. The molecule has 2 heteroatoms. The summed E-state index contributed by atoms with van der Waals surface area (Å²) in [4.78, 5) is 11.9. The van der Waals surface area contributed by atoms with Crippen molar-refractivity contribution in [1.82, 2.24) is 0 Å². The lowest BCUT2D eigenvalue weighted by Gasteiger charge is -2.15. The second kappa shape index (κ2) is 4.07. The highest BCUT2D eigenvalue weighted by atomic mass is 16.3. The average molecular weight is 262 g/mol.